The Bertz CT molecular complexity index is 1030. The van der Waals surface area contributed by atoms with Crippen LogP contribution in [0.15, 0.2) is 59.1 Å². The standard InChI is InChI=1S/C24H32BrN3O4S/c1-18(2)16-26-24(30)19(3)27(15-14-20-8-6-5-7-9-20)23(29)17-28(33(4,31)32)22-12-10-21(25)11-13-22/h5-13,18-19H,14-17H2,1-4H3,(H,26,30). The van der Waals surface area contributed by atoms with Crippen molar-refractivity contribution >= 4 is 43.5 Å². The van der Waals surface area contributed by atoms with E-state index < -0.39 is 28.5 Å². The predicted octanol–water partition coefficient (Wildman–Crippen LogP) is 3.45. The highest BCUT2D eigenvalue weighted by molar-refractivity contribution is 9.10. The van der Waals surface area contributed by atoms with Crippen LogP contribution in [0.3, 0.4) is 0 Å². The fraction of sp³-hybridized carbons (Fsp3) is 0.417. The number of rotatable bonds is 11. The molecule has 0 bridgehead atoms. The number of halogens is 1. The maximum Gasteiger partial charge on any atom is 0.244 e. The van der Waals surface area contributed by atoms with Crippen LogP contribution in [0.5, 0.6) is 0 Å². The third kappa shape index (κ3) is 8.47. The van der Waals surface area contributed by atoms with Gasteiger partial charge in [-0.05, 0) is 49.1 Å². The van der Waals surface area contributed by atoms with Gasteiger partial charge in [-0.2, -0.15) is 0 Å². The van der Waals surface area contributed by atoms with E-state index in [1.165, 1.54) is 4.90 Å². The van der Waals surface area contributed by atoms with Gasteiger partial charge in [-0.15, -0.1) is 0 Å². The molecule has 2 amide bonds. The molecule has 0 saturated carbocycles. The Labute approximate surface area is 205 Å². The fourth-order valence-electron chi connectivity index (χ4n) is 3.24. The van der Waals surface area contributed by atoms with E-state index in [2.05, 4.69) is 21.2 Å². The first-order chi connectivity index (χ1) is 15.5. The maximum atomic E-state index is 13.4. The van der Waals surface area contributed by atoms with Gasteiger partial charge >= 0.3 is 0 Å². The Hall–Kier alpha value is -2.39. The fourth-order valence-corrected chi connectivity index (χ4v) is 4.36. The summed E-state index contributed by atoms with van der Waals surface area (Å²) in [6, 6.07) is 15.6. The van der Waals surface area contributed by atoms with Gasteiger partial charge in [0.1, 0.15) is 12.6 Å². The van der Waals surface area contributed by atoms with Gasteiger partial charge in [0.15, 0.2) is 0 Å². The van der Waals surface area contributed by atoms with Crippen molar-refractivity contribution in [3.8, 4) is 0 Å². The molecule has 7 nitrogen and oxygen atoms in total. The number of carbonyl (C=O) groups is 2. The van der Waals surface area contributed by atoms with Crippen LogP contribution in [0.25, 0.3) is 0 Å². The zero-order chi connectivity index (χ0) is 24.6. The second-order valence-corrected chi connectivity index (χ2v) is 11.2. The predicted molar refractivity (Wildman–Crippen MR) is 136 cm³/mol. The molecule has 0 saturated heterocycles. The first-order valence-electron chi connectivity index (χ1n) is 10.8. The molecule has 0 aromatic heterocycles. The summed E-state index contributed by atoms with van der Waals surface area (Å²) in [5.41, 5.74) is 1.41. The second-order valence-electron chi connectivity index (χ2n) is 8.38. The summed E-state index contributed by atoms with van der Waals surface area (Å²) in [7, 11) is -3.72. The van der Waals surface area contributed by atoms with E-state index in [0.29, 0.717) is 18.7 Å². The van der Waals surface area contributed by atoms with Gasteiger partial charge in [-0.25, -0.2) is 8.42 Å². The molecule has 2 rings (SSSR count). The number of sulfonamides is 1. The molecular weight excluding hydrogens is 506 g/mol. The molecule has 1 unspecified atom stereocenters. The number of benzene rings is 2. The Morgan fingerprint density at radius 2 is 1.61 bits per heavy atom. The molecular formula is C24H32BrN3O4S. The second kappa shape index (κ2) is 12.2. The number of nitrogens with zero attached hydrogens (tertiary/aromatic N) is 2. The van der Waals surface area contributed by atoms with Gasteiger partial charge in [0, 0.05) is 17.6 Å². The average molecular weight is 539 g/mol. The van der Waals surface area contributed by atoms with Crippen molar-refractivity contribution in [1.29, 1.82) is 0 Å². The number of anilines is 1. The van der Waals surface area contributed by atoms with Crippen LogP contribution in [0.2, 0.25) is 0 Å². The van der Waals surface area contributed by atoms with Crippen molar-refractivity contribution in [2.75, 3.05) is 30.2 Å². The molecule has 0 aliphatic carbocycles. The molecule has 0 aliphatic heterocycles. The van der Waals surface area contributed by atoms with E-state index in [4.69, 9.17) is 0 Å². The number of nitrogens with one attached hydrogen (secondary N) is 1. The van der Waals surface area contributed by atoms with Gasteiger partial charge in [-0.3, -0.25) is 13.9 Å². The highest BCUT2D eigenvalue weighted by Gasteiger charge is 2.29. The Morgan fingerprint density at radius 1 is 1.00 bits per heavy atom. The molecule has 9 heteroatoms. The molecule has 0 heterocycles. The molecule has 2 aromatic carbocycles. The third-order valence-electron chi connectivity index (χ3n) is 5.13. The molecule has 2 aromatic rings. The number of hydrogen-bond acceptors (Lipinski definition) is 4. The van der Waals surface area contributed by atoms with Crippen molar-refractivity contribution in [2.45, 2.75) is 33.2 Å². The quantitative estimate of drug-likeness (QED) is 0.475. The Kier molecular flexibility index (Phi) is 9.91. The van der Waals surface area contributed by atoms with Gasteiger partial charge in [0.25, 0.3) is 0 Å². The topological polar surface area (TPSA) is 86.8 Å². The van der Waals surface area contributed by atoms with Gasteiger partial charge < -0.3 is 10.2 Å². The largest absolute Gasteiger partial charge is 0.354 e. The van der Waals surface area contributed by atoms with Crippen LogP contribution in [-0.4, -0.2) is 57.1 Å². The minimum atomic E-state index is -3.72. The summed E-state index contributed by atoms with van der Waals surface area (Å²) in [5.74, 6) is -0.432. The van der Waals surface area contributed by atoms with Gasteiger partial charge in [-0.1, -0.05) is 60.1 Å². The highest BCUT2D eigenvalue weighted by atomic mass is 79.9. The highest BCUT2D eigenvalue weighted by Crippen LogP contribution is 2.21. The van der Waals surface area contributed by atoms with Crippen molar-refractivity contribution in [2.24, 2.45) is 5.92 Å². The summed E-state index contributed by atoms with van der Waals surface area (Å²) in [6.45, 7) is 6.05. The summed E-state index contributed by atoms with van der Waals surface area (Å²) >= 11 is 3.33. The molecule has 180 valence electrons. The lowest BCUT2D eigenvalue weighted by Crippen LogP contribution is -2.52. The van der Waals surface area contributed by atoms with Crippen LogP contribution >= 0.6 is 15.9 Å². The molecule has 0 fully saturated rings. The first kappa shape index (κ1) is 26.9. The SMILES string of the molecule is CC(C)CNC(=O)C(C)N(CCc1ccccc1)C(=O)CN(c1ccc(Br)cc1)S(C)(=O)=O. The van der Waals surface area contributed by atoms with Crippen molar-refractivity contribution in [3.05, 3.63) is 64.6 Å². The average Bonchev–Trinajstić information content (AvgIpc) is 2.76. The first-order valence-corrected chi connectivity index (χ1v) is 13.5. The smallest absolute Gasteiger partial charge is 0.244 e. The van der Waals surface area contributed by atoms with Crippen molar-refractivity contribution < 1.29 is 18.0 Å². The molecule has 33 heavy (non-hydrogen) atoms. The van der Waals surface area contributed by atoms with Crippen molar-refractivity contribution in [1.82, 2.24) is 10.2 Å². The zero-order valence-corrected chi connectivity index (χ0v) is 21.9. The van der Waals surface area contributed by atoms with Gasteiger partial charge in [0.2, 0.25) is 21.8 Å². The molecule has 1 N–H and O–H groups in total. The maximum absolute atomic E-state index is 13.4. The monoisotopic (exact) mass is 537 g/mol. The third-order valence-corrected chi connectivity index (χ3v) is 6.80. The molecule has 0 spiro atoms. The van der Waals surface area contributed by atoms with Crippen LogP contribution in [0.4, 0.5) is 5.69 Å². The molecule has 0 aliphatic rings. The van der Waals surface area contributed by atoms with E-state index >= 15 is 0 Å². The van der Waals surface area contributed by atoms with Crippen LogP contribution in [0, 0.1) is 5.92 Å². The number of amides is 2. The minimum absolute atomic E-state index is 0.264. The normalized spacial score (nSPS) is 12.3. The zero-order valence-electron chi connectivity index (χ0n) is 19.5. The molecule has 0 radical (unpaired) electrons. The summed E-state index contributed by atoms with van der Waals surface area (Å²) in [5, 5.41) is 2.87. The lowest BCUT2D eigenvalue weighted by molar-refractivity contribution is -0.138. The van der Waals surface area contributed by atoms with E-state index in [0.717, 1.165) is 20.6 Å². The minimum Gasteiger partial charge on any atom is -0.354 e. The van der Waals surface area contributed by atoms with Crippen molar-refractivity contribution in [3.63, 3.8) is 0 Å². The lowest BCUT2D eigenvalue weighted by Gasteiger charge is -2.31. The Balaban J connectivity index is 2.27. The van der Waals surface area contributed by atoms with Crippen LogP contribution < -0.4 is 9.62 Å². The van der Waals surface area contributed by atoms with E-state index in [9.17, 15) is 18.0 Å². The summed E-state index contributed by atoms with van der Waals surface area (Å²) < 4.78 is 26.9. The summed E-state index contributed by atoms with van der Waals surface area (Å²) in [6.07, 6.45) is 1.61. The number of carbonyl (C=O) groups excluding carboxylic acids is 2. The van der Waals surface area contributed by atoms with E-state index in [-0.39, 0.29) is 18.4 Å². The lowest BCUT2D eigenvalue weighted by atomic mass is 10.1. The summed E-state index contributed by atoms with van der Waals surface area (Å²) in [4.78, 5) is 27.6. The number of hydrogen-bond donors (Lipinski definition) is 1. The Morgan fingerprint density at radius 3 is 2.15 bits per heavy atom. The van der Waals surface area contributed by atoms with Crippen LogP contribution in [0.1, 0.15) is 26.3 Å². The molecule has 1 atom stereocenters. The van der Waals surface area contributed by atoms with E-state index in [1.54, 1.807) is 31.2 Å². The van der Waals surface area contributed by atoms with E-state index in [1.807, 2.05) is 44.2 Å². The van der Waals surface area contributed by atoms with Gasteiger partial charge in [0.05, 0.1) is 11.9 Å². The van der Waals surface area contributed by atoms with Crippen LogP contribution in [-0.2, 0) is 26.0 Å².